The minimum absolute atomic E-state index is 0.101. The molecule has 0 aliphatic heterocycles. The van der Waals surface area contributed by atoms with Gasteiger partial charge in [-0.2, -0.15) is 0 Å². The van der Waals surface area contributed by atoms with Crippen molar-refractivity contribution in [2.24, 2.45) is 5.92 Å². The smallest absolute Gasteiger partial charge is 0.323 e. The number of carboxylic acid groups (broad SMARTS) is 1. The predicted octanol–water partition coefficient (Wildman–Crippen LogP) is -0.229. The van der Waals surface area contributed by atoms with Gasteiger partial charge in [-0.15, -0.1) is 0 Å². The fourth-order valence-corrected chi connectivity index (χ4v) is 1.77. The van der Waals surface area contributed by atoms with Crippen LogP contribution in [0.4, 0.5) is 4.79 Å². The van der Waals surface area contributed by atoms with Crippen molar-refractivity contribution in [2.45, 2.75) is 31.7 Å². The van der Waals surface area contributed by atoms with Gasteiger partial charge >= 0.3 is 12.0 Å². The zero-order valence-corrected chi connectivity index (χ0v) is 10.7. The number of amides is 3. The summed E-state index contributed by atoms with van der Waals surface area (Å²) >= 11 is 0. The van der Waals surface area contributed by atoms with Crippen molar-refractivity contribution in [1.82, 2.24) is 15.5 Å². The Labute approximate surface area is 111 Å². The van der Waals surface area contributed by atoms with Gasteiger partial charge in [0.1, 0.15) is 6.54 Å². The summed E-state index contributed by atoms with van der Waals surface area (Å²) in [6, 6.07) is -0.230. The normalized spacial score (nSPS) is 17.7. The van der Waals surface area contributed by atoms with Crippen molar-refractivity contribution in [3.05, 3.63) is 0 Å². The minimum Gasteiger partial charge on any atom is -0.480 e. The Bertz CT molecular complexity index is 377. The average Bonchev–Trinajstić information content (AvgIpc) is 3.19. The Kier molecular flexibility index (Phi) is 4.24. The van der Waals surface area contributed by atoms with E-state index in [0.717, 1.165) is 25.7 Å². The van der Waals surface area contributed by atoms with Crippen molar-refractivity contribution in [3.63, 3.8) is 0 Å². The summed E-state index contributed by atoms with van der Waals surface area (Å²) in [4.78, 5) is 35.2. The molecule has 7 heteroatoms. The van der Waals surface area contributed by atoms with E-state index in [1.165, 1.54) is 4.90 Å². The molecule has 2 aliphatic rings. The summed E-state index contributed by atoms with van der Waals surface area (Å²) in [5.74, 6) is -0.860. The maximum atomic E-state index is 11.8. The standard InChI is InChI=1S/C12H19N3O4/c16-10(14-9-3-4-9)5-13-12(19)15(7-11(17)18)6-8-1-2-8/h8-9H,1-7H2,(H,13,19)(H,14,16)(H,17,18). The summed E-state index contributed by atoms with van der Waals surface area (Å²) in [5, 5.41) is 14.0. The van der Waals surface area contributed by atoms with E-state index in [4.69, 9.17) is 5.11 Å². The molecule has 0 atom stereocenters. The van der Waals surface area contributed by atoms with Gasteiger partial charge in [0, 0.05) is 12.6 Å². The Hall–Kier alpha value is -1.79. The molecule has 19 heavy (non-hydrogen) atoms. The number of carbonyl (C=O) groups excluding carboxylic acids is 2. The maximum absolute atomic E-state index is 11.8. The zero-order chi connectivity index (χ0) is 13.8. The van der Waals surface area contributed by atoms with Crippen LogP contribution in [-0.4, -0.2) is 53.6 Å². The number of rotatable bonds is 7. The quantitative estimate of drug-likeness (QED) is 0.594. The van der Waals surface area contributed by atoms with E-state index in [1.807, 2.05) is 0 Å². The molecule has 2 fully saturated rings. The zero-order valence-electron chi connectivity index (χ0n) is 10.7. The summed E-state index contributed by atoms with van der Waals surface area (Å²) in [7, 11) is 0. The molecule has 2 rings (SSSR count). The van der Waals surface area contributed by atoms with Gasteiger partial charge in [0.2, 0.25) is 5.91 Å². The third-order valence-corrected chi connectivity index (χ3v) is 3.13. The molecule has 3 N–H and O–H groups in total. The fraction of sp³-hybridized carbons (Fsp3) is 0.750. The van der Waals surface area contributed by atoms with Crippen LogP contribution in [0.15, 0.2) is 0 Å². The number of nitrogens with one attached hydrogen (secondary N) is 2. The van der Waals surface area contributed by atoms with Crippen LogP contribution in [0.1, 0.15) is 25.7 Å². The Morgan fingerprint density at radius 3 is 2.37 bits per heavy atom. The molecule has 7 nitrogen and oxygen atoms in total. The third-order valence-electron chi connectivity index (χ3n) is 3.13. The first-order valence-corrected chi connectivity index (χ1v) is 6.58. The molecule has 2 aliphatic carbocycles. The van der Waals surface area contributed by atoms with Crippen molar-refractivity contribution < 1.29 is 19.5 Å². The molecular weight excluding hydrogens is 250 g/mol. The Morgan fingerprint density at radius 1 is 1.16 bits per heavy atom. The predicted molar refractivity (Wildman–Crippen MR) is 66.5 cm³/mol. The van der Waals surface area contributed by atoms with Crippen molar-refractivity contribution in [2.75, 3.05) is 19.6 Å². The van der Waals surface area contributed by atoms with Gasteiger partial charge < -0.3 is 20.6 Å². The second kappa shape index (κ2) is 5.90. The van der Waals surface area contributed by atoms with Gasteiger partial charge in [0.05, 0.1) is 6.54 Å². The summed E-state index contributed by atoms with van der Waals surface area (Å²) in [6.07, 6.45) is 4.05. The van der Waals surface area contributed by atoms with Gasteiger partial charge in [0.25, 0.3) is 0 Å². The van der Waals surface area contributed by atoms with Crippen molar-refractivity contribution in [1.29, 1.82) is 0 Å². The van der Waals surface area contributed by atoms with Gasteiger partial charge in [-0.05, 0) is 31.6 Å². The van der Waals surface area contributed by atoms with Crippen LogP contribution in [0.5, 0.6) is 0 Å². The topological polar surface area (TPSA) is 98.7 Å². The SMILES string of the molecule is O=C(O)CN(CC1CC1)C(=O)NCC(=O)NC1CC1. The molecule has 0 aromatic carbocycles. The molecule has 0 heterocycles. The second-order valence-corrected chi connectivity index (χ2v) is 5.22. The van der Waals surface area contributed by atoms with E-state index >= 15 is 0 Å². The minimum atomic E-state index is -1.04. The molecule has 0 bridgehead atoms. The molecule has 0 aromatic heterocycles. The van der Waals surface area contributed by atoms with Crippen molar-refractivity contribution >= 4 is 17.9 Å². The van der Waals surface area contributed by atoms with Gasteiger partial charge in [-0.3, -0.25) is 9.59 Å². The average molecular weight is 269 g/mol. The van der Waals surface area contributed by atoms with Crippen LogP contribution < -0.4 is 10.6 Å². The number of carboxylic acids is 1. The van der Waals surface area contributed by atoms with E-state index in [-0.39, 0.29) is 25.0 Å². The number of nitrogens with zero attached hydrogens (tertiary/aromatic N) is 1. The third kappa shape index (κ3) is 5.15. The molecule has 0 spiro atoms. The van der Waals surface area contributed by atoms with E-state index in [9.17, 15) is 14.4 Å². The van der Waals surface area contributed by atoms with Crippen LogP contribution in [-0.2, 0) is 9.59 Å². The highest BCUT2D eigenvalue weighted by Crippen LogP contribution is 2.29. The summed E-state index contributed by atoms with van der Waals surface area (Å²) < 4.78 is 0. The Morgan fingerprint density at radius 2 is 1.84 bits per heavy atom. The van der Waals surface area contributed by atoms with Gasteiger partial charge in [-0.1, -0.05) is 0 Å². The second-order valence-electron chi connectivity index (χ2n) is 5.22. The fourth-order valence-electron chi connectivity index (χ4n) is 1.77. The van der Waals surface area contributed by atoms with Crippen LogP contribution in [0.25, 0.3) is 0 Å². The van der Waals surface area contributed by atoms with E-state index in [0.29, 0.717) is 12.5 Å². The van der Waals surface area contributed by atoms with Crippen LogP contribution in [0, 0.1) is 5.92 Å². The van der Waals surface area contributed by atoms with Crippen LogP contribution >= 0.6 is 0 Å². The highest BCUT2D eigenvalue weighted by Gasteiger charge is 2.28. The summed E-state index contributed by atoms with van der Waals surface area (Å²) in [6.45, 7) is 0.0189. The molecule has 3 amide bonds. The summed E-state index contributed by atoms with van der Waals surface area (Å²) in [5.41, 5.74) is 0. The molecule has 0 saturated heterocycles. The van der Waals surface area contributed by atoms with Crippen LogP contribution in [0.3, 0.4) is 0 Å². The largest absolute Gasteiger partial charge is 0.480 e. The number of aliphatic carboxylic acids is 1. The monoisotopic (exact) mass is 269 g/mol. The number of hydrogen-bond acceptors (Lipinski definition) is 3. The van der Waals surface area contributed by atoms with Gasteiger partial charge in [-0.25, -0.2) is 4.79 Å². The van der Waals surface area contributed by atoms with E-state index in [1.54, 1.807) is 0 Å². The highest BCUT2D eigenvalue weighted by molar-refractivity contribution is 5.85. The lowest BCUT2D eigenvalue weighted by Crippen LogP contribution is -2.47. The number of carbonyl (C=O) groups is 3. The highest BCUT2D eigenvalue weighted by atomic mass is 16.4. The van der Waals surface area contributed by atoms with Gasteiger partial charge in [0.15, 0.2) is 0 Å². The first-order chi connectivity index (χ1) is 9.04. The van der Waals surface area contributed by atoms with E-state index < -0.39 is 12.0 Å². The molecule has 2 saturated carbocycles. The molecular formula is C12H19N3O4. The molecule has 0 unspecified atom stereocenters. The first kappa shape index (κ1) is 13.6. The van der Waals surface area contributed by atoms with Crippen LogP contribution in [0.2, 0.25) is 0 Å². The lowest BCUT2D eigenvalue weighted by atomic mass is 10.3. The lowest BCUT2D eigenvalue weighted by molar-refractivity contribution is -0.137. The van der Waals surface area contributed by atoms with Crippen molar-refractivity contribution in [3.8, 4) is 0 Å². The molecule has 0 radical (unpaired) electrons. The maximum Gasteiger partial charge on any atom is 0.323 e. The Balaban J connectivity index is 1.72. The van der Waals surface area contributed by atoms with E-state index in [2.05, 4.69) is 10.6 Å². The molecule has 106 valence electrons. The lowest BCUT2D eigenvalue weighted by Gasteiger charge is -2.20. The first-order valence-electron chi connectivity index (χ1n) is 6.58. The number of hydrogen-bond donors (Lipinski definition) is 3. The molecule has 0 aromatic rings. The number of urea groups is 1.